The fourth-order valence-electron chi connectivity index (χ4n) is 0. The van der Waals surface area contributed by atoms with Crippen molar-refractivity contribution in [1.82, 2.24) is 0 Å². The van der Waals surface area contributed by atoms with Gasteiger partial charge in [-0.3, -0.25) is 0 Å². The standard InChI is InChI=1S/2Fe.2O/q2*+2;2*-2. The quantitative estimate of drug-likeness (QED) is 0.421. The molecule has 0 aliphatic rings. The maximum atomic E-state index is 0. The van der Waals surface area contributed by atoms with Crippen molar-refractivity contribution < 1.29 is 45.1 Å². The topological polar surface area (TPSA) is 57.0 Å². The molecule has 0 atom stereocenters. The Hall–Kier alpha value is 0.959. The van der Waals surface area contributed by atoms with E-state index < -0.39 is 0 Å². The second-order valence-corrected chi connectivity index (χ2v) is 0. The summed E-state index contributed by atoms with van der Waals surface area (Å²) in [6.45, 7) is 0. The Morgan fingerprint density at radius 1 is 0.500 bits per heavy atom. The number of hydrogen-bond donors (Lipinski definition) is 0. The largest absolute Gasteiger partial charge is 2.00 e. The number of hydrogen-bond acceptors (Lipinski definition) is 0. The Morgan fingerprint density at radius 2 is 0.500 bits per heavy atom. The van der Waals surface area contributed by atoms with Crippen molar-refractivity contribution in [2.75, 3.05) is 0 Å². The summed E-state index contributed by atoms with van der Waals surface area (Å²) in [4.78, 5) is 0. The molecule has 0 bridgehead atoms. The molecule has 28 valence electrons. The van der Waals surface area contributed by atoms with Crippen molar-refractivity contribution >= 4 is 0 Å². The summed E-state index contributed by atoms with van der Waals surface area (Å²) < 4.78 is 0. The Labute approximate surface area is 45.5 Å². The molecule has 0 saturated heterocycles. The summed E-state index contributed by atoms with van der Waals surface area (Å²) in [5.41, 5.74) is 0. The summed E-state index contributed by atoms with van der Waals surface area (Å²) in [5.74, 6) is 0. The maximum absolute atomic E-state index is 0. The van der Waals surface area contributed by atoms with Gasteiger partial charge in [-0.1, -0.05) is 0 Å². The van der Waals surface area contributed by atoms with Gasteiger partial charge in [-0.25, -0.2) is 0 Å². The molecule has 4 heavy (non-hydrogen) atoms. The van der Waals surface area contributed by atoms with Crippen molar-refractivity contribution in [3.8, 4) is 0 Å². The minimum Gasteiger partial charge on any atom is -2.00 e. The zero-order valence-corrected chi connectivity index (χ0v) is 3.73. The van der Waals surface area contributed by atoms with E-state index in [0.29, 0.717) is 0 Å². The smallest absolute Gasteiger partial charge is 2.00 e. The second-order valence-electron chi connectivity index (χ2n) is 0. The zero-order chi connectivity index (χ0) is 0. The molecule has 0 spiro atoms. The minimum atomic E-state index is 0. The van der Waals surface area contributed by atoms with Crippen LogP contribution in [0.5, 0.6) is 0 Å². The predicted molar refractivity (Wildman–Crippen MR) is 1.37 cm³/mol. The van der Waals surface area contributed by atoms with Crippen LogP contribution in [-0.2, 0) is 45.1 Å². The van der Waals surface area contributed by atoms with Crippen LogP contribution in [0.3, 0.4) is 0 Å². The van der Waals surface area contributed by atoms with Crippen molar-refractivity contribution in [3.63, 3.8) is 0 Å². The Kier molecular flexibility index (Phi) is 796. The molecule has 0 unspecified atom stereocenters. The fraction of sp³-hybridized carbons (Fsp3) is 0. The van der Waals surface area contributed by atoms with E-state index in [1.54, 1.807) is 0 Å². The van der Waals surface area contributed by atoms with Crippen LogP contribution in [0.2, 0.25) is 0 Å². The average molecular weight is 144 g/mol. The third kappa shape index (κ3) is 12.3. The van der Waals surface area contributed by atoms with Crippen LogP contribution in [-0.4, -0.2) is 0 Å². The maximum Gasteiger partial charge on any atom is 2.00 e. The first kappa shape index (κ1) is 84.5. The van der Waals surface area contributed by atoms with Gasteiger partial charge in [0.15, 0.2) is 0 Å². The molecule has 0 heterocycles. The van der Waals surface area contributed by atoms with Crippen molar-refractivity contribution in [1.29, 1.82) is 0 Å². The van der Waals surface area contributed by atoms with Crippen molar-refractivity contribution in [2.45, 2.75) is 0 Å². The van der Waals surface area contributed by atoms with Gasteiger partial charge in [-0.15, -0.1) is 0 Å². The van der Waals surface area contributed by atoms with Gasteiger partial charge in [0.2, 0.25) is 0 Å². The summed E-state index contributed by atoms with van der Waals surface area (Å²) >= 11 is 0. The molecule has 2 nitrogen and oxygen atoms in total. The Bertz CT molecular complexity index is 4.00. The van der Waals surface area contributed by atoms with Gasteiger partial charge in [0, 0.05) is 0 Å². The molecule has 0 fully saturated rings. The molecule has 0 amide bonds. The van der Waals surface area contributed by atoms with Crippen LogP contribution in [0.15, 0.2) is 0 Å². The number of rotatable bonds is 0. The first-order valence-corrected chi connectivity index (χ1v) is 0. The van der Waals surface area contributed by atoms with Gasteiger partial charge >= 0.3 is 34.1 Å². The van der Waals surface area contributed by atoms with Crippen LogP contribution in [0.1, 0.15) is 0 Å². The van der Waals surface area contributed by atoms with Gasteiger partial charge in [0.1, 0.15) is 0 Å². The average Bonchev–Trinajstić information content (AvgIpc) is 0. The predicted octanol–water partition coefficient (Wildman–Crippen LogP) is -0.243. The molecule has 0 radical (unpaired) electrons. The fourth-order valence-corrected chi connectivity index (χ4v) is 0. The summed E-state index contributed by atoms with van der Waals surface area (Å²) in [6.07, 6.45) is 0. The first-order chi connectivity index (χ1) is 0. The molecule has 0 rings (SSSR count). The van der Waals surface area contributed by atoms with E-state index in [1.807, 2.05) is 0 Å². The van der Waals surface area contributed by atoms with Crippen LogP contribution >= 0.6 is 0 Å². The Morgan fingerprint density at radius 3 is 0.500 bits per heavy atom. The molecule has 0 aromatic rings. The molecular weight excluding hydrogens is 144 g/mol. The Balaban J connectivity index is 0. The minimum absolute atomic E-state index is 0. The van der Waals surface area contributed by atoms with Gasteiger partial charge in [0.05, 0.1) is 0 Å². The summed E-state index contributed by atoms with van der Waals surface area (Å²) in [6, 6.07) is 0. The molecular formula is Fe2O2. The van der Waals surface area contributed by atoms with E-state index in [4.69, 9.17) is 0 Å². The van der Waals surface area contributed by atoms with E-state index in [-0.39, 0.29) is 45.1 Å². The third-order valence-electron chi connectivity index (χ3n) is 0. The van der Waals surface area contributed by atoms with Crippen LogP contribution in [0, 0.1) is 0 Å². The van der Waals surface area contributed by atoms with Crippen molar-refractivity contribution in [2.24, 2.45) is 0 Å². The summed E-state index contributed by atoms with van der Waals surface area (Å²) in [5, 5.41) is 0. The third-order valence-corrected chi connectivity index (χ3v) is 0. The second kappa shape index (κ2) is 37.7. The van der Waals surface area contributed by atoms with Crippen molar-refractivity contribution in [3.05, 3.63) is 0 Å². The molecule has 0 aromatic carbocycles. The van der Waals surface area contributed by atoms with E-state index >= 15 is 0 Å². The van der Waals surface area contributed by atoms with E-state index in [2.05, 4.69) is 0 Å². The van der Waals surface area contributed by atoms with Gasteiger partial charge in [0.25, 0.3) is 0 Å². The molecule has 0 aromatic heterocycles. The normalized spacial score (nSPS) is 0. The molecule has 0 aliphatic carbocycles. The molecule has 0 saturated carbocycles. The van der Waals surface area contributed by atoms with Gasteiger partial charge in [-0.2, -0.15) is 0 Å². The van der Waals surface area contributed by atoms with Gasteiger partial charge in [-0.05, 0) is 0 Å². The zero-order valence-electron chi connectivity index (χ0n) is 1.52. The molecule has 0 aliphatic heterocycles. The van der Waals surface area contributed by atoms with Crippen LogP contribution in [0.4, 0.5) is 0 Å². The van der Waals surface area contributed by atoms with E-state index in [1.165, 1.54) is 0 Å². The summed E-state index contributed by atoms with van der Waals surface area (Å²) in [7, 11) is 0. The van der Waals surface area contributed by atoms with E-state index in [9.17, 15) is 0 Å². The van der Waals surface area contributed by atoms with Gasteiger partial charge < -0.3 is 11.0 Å². The SMILES string of the molecule is [Fe+2].[Fe+2].[O-2].[O-2]. The van der Waals surface area contributed by atoms with Crippen LogP contribution in [0.25, 0.3) is 0 Å². The molecule has 4 heteroatoms. The molecule has 0 N–H and O–H groups in total. The van der Waals surface area contributed by atoms with Crippen LogP contribution < -0.4 is 0 Å². The first-order valence-electron chi connectivity index (χ1n) is 0. The monoisotopic (exact) mass is 144 g/mol. The van der Waals surface area contributed by atoms with E-state index in [0.717, 1.165) is 0 Å².